The molecule has 38 heavy (non-hydrogen) atoms. The van der Waals surface area contributed by atoms with Crippen LogP contribution < -0.4 is 21.2 Å². The summed E-state index contributed by atoms with van der Waals surface area (Å²) >= 11 is 0. The maximum Gasteiger partial charge on any atom is 0.429 e. The van der Waals surface area contributed by atoms with Gasteiger partial charge in [0, 0.05) is 18.4 Å². The number of carbonyl (C=O) groups excluding carboxylic acids is 4. The summed E-state index contributed by atoms with van der Waals surface area (Å²) in [6, 6.07) is 4.33. The molecule has 0 aromatic heterocycles. The Kier molecular flexibility index (Phi) is 10.9. The molecule has 2 rings (SSSR count). The smallest absolute Gasteiger partial charge is 0.429 e. The Morgan fingerprint density at radius 2 is 1.66 bits per heavy atom. The van der Waals surface area contributed by atoms with Crippen LogP contribution in [0.4, 0.5) is 9.59 Å². The second kappa shape index (κ2) is 13.6. The summed E-state index contributed by atoms with van der Waals surface area (Å²) in [6.45, 7) is 6.35. The van der Waals surface area contributed by atoms with Crippen LogP contribution in [0.2, 0.25) is 0 Å². The molecule has 0 saturated heterocycles. The summed E-state index contributed by atoms with van der Waals surface area (Å²) in [5, 5.41) is 24.3. The van der Waals surface area contributed by atoms with Crippen molar-refractivity contribution in [3.05, 3.63) is 41.5 Å². The fourth-order valence-electron chi connectivity index (χ4n) is 3.65. The van der Waals surface area contributed by atoms with E-state index < -0.39 is 60.5 Å². The van der Waals surface area contributed by atoms with E-state index in [1.165, 1.54) is 13.2 Å². The minimum Gasteiger partial charge on any atom is -0.497 e. The van der Waals surface area contributed by atoms with Gasteiger partial charge in [-0.2, -0.15) is 0 Å². The molecule has 0 saturated carbocycles. The number of nitrogens with two attached hydrogens (primary N) is 1. The number of methoxy groups -OCH3 is 1. The quantitative estimate of drug-likeness (QED) is 0.280. The average Bonchev–Trinajstić information content (AvgIpc) is 2.83. The third-order valence-electron chi connectivity index (χ3n) is 5.47. The van der Waals surface area contributed by atoms with Gasteiger partial charge in [0.05, 0.1) is 25.4 Å². The Hall–Kier alpha value is -3.84. The molecular formula is C25H36N4O9. The fourth-order valence-corrected chi connectivity index (χ4v) is 3.65. The SMILES string of the molecule is COc1ccc(CC(NC(=O)C2=CC(N(NC(=O)OC(C)C)C(=O)OC(C)C)C(O)C(O)C2)C(N)=O)cc1. The van der Waals surface area contributed by atoms with Crippen LogP contribution in [-0.4, -0.2) is 82.8 Å². The van der Waals surface area contributed by atoms with Gasteiger partial charge in [-0.15, -0.1) is 0 Å². The van der Waals surface area contributed by atoms with Crippen LogP contribution in [0.15, 0.2) is 35.9 Å². The van der Waals surface area contributed by atoms with E-state index in [1.54, 1.807) is 52.0 Å². The van der Waals surface area contributed by atoms with Crippen molar-refractivity contribution >= 4 is 24.0 Å². The number of aliphatic hydroxyl groups is 2. The Morgan fingerprint density at radius 3 is 2.18 bits per heavy atom. The molecule has 1 aromatic carbocycles. The number of amides is 4. The van der Waals surface area contributed by atoms with Gasteiger partial charge in [0.25, 0.3) is 0 Å². The standard InChI is InChI=1S/C25H36N4O9/c1-13(2)37-24(34)28-29(25(35)38-14(3)4)19-11-16(12-20(30)21(19)31)23(33)27-18(22(26)32)10-15-6-8-17(36-5)9-7-15/h6-9,11,13-14,18-21,30-31H,10,12H2,1-5H3,(H2,26,32)(H,27,33)(H,28,34). The largest absolute Gasteiger partial charge is 0.497 e. The van der Waals surface area contributed by atoms with Crippen LogP contribution in [0, 0.1) is 0 Å². The van der Waals surface area contributed by atoms with E-state index in [9.17, 15) is 29.4 Å². The zero-order chi connectivity index (χ0) is 28.6. The molecule has 4 atom stereocenters. The van der Waals surface area contributed by atoms with Crippen molar-refractivity contribution in [1.29, 1.82) is 0 Å². The van der Waals surface area contributed by atoms with Gasteiger partial charge in [-0.1, -0.05) is 12.1 Å². The number of nitrogens with zero attached hydrogens (tertiary/aromatic N) is 1. The summed E-state index contributed by atoms with van der Waals surface area (Å²) in [4.78, 5) is 50.2. The molecule has 1 aliphatic rings. The van der Waals surface area contributed by atoms with Gasteiger partial charge < -0.3 is 35.5 Å². The number of nitrogens with one attached hydrogen (secondary N) is 2. The molecule has 210 valence electrons. The lowest BCUT2D eigenvalue weighted by Crippen LogP contribution is -2.60. The number of carbonyl (C=O) groups is 4. The first-order chi connectivity index (χ1) is 17.8. The van der Waals surface area contributed by atoms with Crippen LogP contribution in [-0.2, 0) is 25.5 Å². The molecule has 4 unspecified atom stereocenters. The van der Waals surface area contributed by atoms with Crippen molar-refractivity contribution < 1.29 is 43.6 Å². The summed E-state index contributed by atoms with van der Waals surface area (Å²) < 4.78 is 15.3. The predicted octanol–water partition coefficient (Wildman–Crippen LogP) is 0.525. The molecule has 0 radical (unpaired) electrons. The minimum absolute atomic E-state index is 0.0462. The molecule has 13 nitrogen and oxygen atoms in total. The zero-order valence-corrected chi connectivity index (χ0v) is 22.0. The van der Waals surface area contributed by atoms with Gasteiger partial charge in [-0.25, -0.2) is 20.0 Å². The Morgan fingerprint density at radius 1 is 1.05 bits per heavy atom. The Balaban J connectivity index is 2.30. The average molecular weight is 537 g/mol. The van der Waals surface area contributed by atoms with E-state index in [4.69, 9.17) is 19.9 Å². The van der Waals surface area contributed by atoms with Crippen molar-refractivity contribution in [2.24, 2.45) is 5.73 Å². The molecule has 0 bridgehead atoms. The molecule has 0 spiro atoms. The van der Waals surface area contributed by atoms with Gasteiger partial charge in [0.2, 0.25) is 11.8 Å². The number of ether oxygens (including phenoxy) is 3. The van der Waals surface area contributed by atoms with Crippen LogP contribution in [0.5, 0.6) is 5.75 Å². The molecule has 0 heterocycles. The first-order valence-corrected chi connectivity index (χ1v) is 12.1. The highest BCUT2D eigenvalue weighted by molar-refractivity contribution is 5.97. The van der Waals surface area contributed by atoms with Crippen molar-refractivity contribution in [3.63, 3.8) is 0 Å². The summed E-state index contributed by atoms with van der Waals surface area (Å²) in [6.07, 6.45) is -5.25. The number of primary amides is 1. The topological polar surface area (TPSA) is 190 Å². The molecule has 1 aliphatic carbocycles. The summed E-state index contributed by atoms with van der Waals surface area (Å²) in [5.74, 6) is -0.922. The van der Waals surface area contributed by atoms with Crippen LogP contribution in [0.1, 0.15) is 39.7 Å². The molecular weight excluding hydrogens is 500 g/mol. The number of hydrogen-bond acceptors (Lipinski definition) is 9. The van der Waals surface area contributed by atoms with Crippen molar-refractivity contribution in [2.45, 2.75) is 77.0 Å². The second-order valence-corrected chi connectivity index (χ2v) is 9.29. The number of hydrazine groups is 1. The van der Waals surface area contributed by atoms with E-state index in [0.717, 1.165) is 0 Å². The number of rotatable bonds is 9. The lowest BCUT2D eigenvalue weighted by molar-refractivity contribution is -0.126. The van der Waals surface area contributed by atoms with Gasteiger partial charge in [0.1, 0.15) is 23.9 Å². The minimum atomic E-state index is -1.59. The number of aliphatic hydroxyl groups excluding tert-OH is 2. The van der Waals surface area contributed by atoms with Crippen LogP contribution >= 0.6 is 0 Å². The normalized spacial score (nSPS) is 19.7. The third-order valence-corrected chi connectivity index (χ3v) is 5.47. The first kappa shape index (κ1) is 30.4. The van der Waals surface area contributed by atoms with Crippen LogP contribution in [0.25, 0.3) is 0 Å². The van der Waals surface area contributed by atoms with E-state index in [0.29, 0.717) is 16.3 Å². The zero-order valence-electron chi connectivity index (χ0n) is 22.0. The molecule has 0 aliphatic heterocycles. The fraction of sp³-hybridized carbons (Fsp3) is 0.520. The Labute approximate surface area is 220 Å². The predicted molar refractivity (Wildman–Crippen MR) is 135 cm³/mol. The molecule has 6 N–H and O–H groups in total. The maximum absolute atomic E-state index is 13.1. The molecule has 4 amide bonds. The molecule has 0 fully saturated rings. The van der Waals surface area contributed by atoms with Crippen molar-refractivity contribution in [1.82, 2.24) is 15.8 Å². The van der Waals surface area contributed by atoms with Gasteiger partial charge >= 0.3 is 12.2 Å². The second-order valence-electron chi connectivity index (χ2n) is 9.29. The van der Waals surface area contributed by atoms with Crippen molar-refractivity contribution in [2.75, 3.05) is 7.11 Å². The monoisotopic (exact) mass is 536 g/mol. The number of hydrogen-bond donors (Lipinski definition) is 5. The van der Waals surface area contributed by atoms with E-state index in [2.05, 4.69) is 10.7 Å². The Bertz CT molecular complexity index is 1030. The highest BCUT2D eigenvalue weighted by atomic mass is 16.6. The van der Waals surface area contributed by atoms with Crippen molar-refractivity contribution in [3.8, 4) is 5.75 Å². The number of benzene rings is 1. The van der Waals surface area contributed by atoms with E-state index in [1.807, 2.05) is 0 Å². The van der Waals surface area contributed by atoms with Gasteiger partial charge in [0.15, 0.2) is 0 Å². The van der Waals surface area contributed by atoms with E-state index in [-0.39, 0.29) is 18.4 Å². The lowest BCUT2D eigenvalue weighted by Gasteiger charge is -2.37. The lowest BCUT2D eigenvalue weighted by atomic mass is 9.89. The van der Waals surface area contributed by atoms with Crippen LogP contribution in [0.3, 0.4) is 0 Å². The highest BCUT2D eigenvalue weighted by Crippen LogP contribution is 2.24. The van der Waals surface area contributed by atoms with E-state index >= 15 is 0 Å². The van der Waals surface area contributed by atoms with Gasteiger partial charge in [-0.05, 0) is 51.5 Å². The highest BCUT2D eigenvalue weighted by Gasteiger charge is 2.40. The van der Waals surface area contributed by atoms with Gasteiger partial charge in [-0.3, -0.25) is 9.59 Å². The first-order valence-electron chi connectivity index (χ1n) is 12.1. The molecule has 1 aromatic rings. The maximum atomic E-state index is 13.1. The third kappa shape index (κ3) is 8.63. The summed E-state index contributed by atoms with van der Waals surface area (Å²) in [5.41, 5.74) is 8.37. The molecule has 13 heteroatoms. The summed E-state index contributed by atoms with van der Waals surface area (Å²) in [7, 11) is 1.52.